The van der Waals surface area contributed by atoms with Crippen molar-refractivity contribution in [1.29, 1.82) is 0 Å². The molecule has 6 nitrogen and oxygen atoms in total. The number of aromatic nitrogens is 2. The Morgan fingerprint density at radius 2 is 1.73 bits per heavy atom. The minimum Gasteiger partial charge on any atom is -0.463 e. The Bertz CT molecular complexity index is 1110. The number of nitrogens with one attached hydrogen (secondary N) is 1. The number of nitrogens with zero attached hydrogens (tertiary/aromatic N) is 2. The number of ether oxygens (including phenoxy) is 1. The van der Waals surface area contributed by atoms with Gasteiger partial charge in [-0.2, -0.15) is 17.9 Å². The first kappa shape index (κ1) is 21.0. The number of hydrogen-bond donors (Lipinski definition) is 1. The van der Waals surface area contributed by atoms with Crippen LogP contribution in [0, 0.1) is 5.82 Å². The Balaban J connectivity index is 1.77. The largest absolute Gasteiger partial charge is 0.463 e. The van der Waals surface area contributed by atoms with E-state index in [-0.39, 0.29) is 11.6 Å². The smallest absolute Gasteiger partial charge is 0.418 e. The highest BCUT2D eigenvalue weighted by molar-refractivity contribution is 5.94. The zero-order valence-electron chi connectivity index (χ0n) is 15.5. The first-order valence-corrected chi connectivity index (χ1v) is 8.65. The van der Waals surface area contributed by atoms with Crippen LogP contribution in [-0.2, 0) is 11.0 Å². The first-order valence-electron chi connectivity index (χ1n) is 8.65. The Labute approximate surface area is 167 Å². The summed E-state index contributed by atoms with van der Waals surface area (Å²) in [5.74, 6) is -1.46. The van der Waals surface area contributed by atoms with Crippen LogP contribution in [0.3, 0.4) is 0 Å². The third-order valence-corrected chi connectivity index (χ3v) is 4.00. The van der Waals surface area contributed by atoms with Gasteiger partial charge in [-0.3, -0.25) is 9.59 Å². The highest BCUT2D eigenvalue weighted by Crippen LogP contribution is 2.34. The molecule has 1 amide bonds. The molecule has 1 N–H and O–H groups in total. The van der Waals surface area contributed by atoms with Crippen molar-refractivity contribution in [3.63, 3.8) is 0 Å². The van der Waals surface area contributed by atoms with Crippen LogP contribution in [-0.4, -0.2) is 21.8 Å². The van der Waals surface area contributed by atoms with Crippen molar-refractivity contribution in [3.8, 4) is 11.6 Å². The van der Waals surface area contributed by atoms with E-state index in [0.29, 0.717) is 0 Å². The fourth-order valence-corrected chi connectivity index (χ4v) is 2.53. The molecule has 1 aromatic heterocycles. The second-order valence-corrected chi connectivity index (χ2v) is 6.19. The average Bonchev–Trinajstić information content (AvgIpc) is 2.69. The molecule has 0 bridgehead atoms. The van der Waals surface area contributed by atoms with Crippen molar-refractivity contribution in [3.05, 3.63) is 82.4 Å². The maximum atomic E-state index is 13.1. The van der Waals surface area contributed by atoms with Gasteiger partial charge in [0.1, 0.15) is 5.82 Å². The molecule has 1 unspecified atom stereocenters. The average molecular weight is 421 g/mol. The van der Waals surface area contributed by atoms with Gasteiger partial charge in [0, 0.05) is 12.1 Å². The lowest BCUT2D eigenvalue weighted by atomic mass is 10.1. The second-order valence-electron chi connectivity index (χ2n) is 6.19. The Morgan fingerprint density at radius 3 is 2.40 bits per heavy atom. The van der Waals surface area contributed by atoms with Gasteiger partial charge in [-0.05, 0) is 43.3 Å². The molecule has 3 rings (SSSR count). The highest BCUT2D eigenvalue weighted by Gasteiger charge is 2.34. The summed E-state index contributed by atoms with van der Waals surface area (Å²) in [5, 5.41) is 6.14. The Hall–Kier alpha value is -3.69. The van der Waals surface area contributed by atoms with Gasteiger partial charge in [0.2, 0.25) is 5.88 Å². The van der Waals surface area contributed by atoms with Crippen LogP contribution in [0.5, 0.6) is 5.88 Å². The van der Waals surface area contributed by atoms with Crippen molar-refractivity contribution in [1.82, 2.24) is 9.78 Å². The summed E-state index contributed by atoms with van der Waals surface area (Å²) in [6, 6.07) is 11.8. The number of rotatable bonds is 5. The van der Waals surface area contributed by atoms with E-state index >= 15 is 0 Å². The van der Waals surface area contributed by atoms with Crippen molar-refractivity contribution >= 4 is 11.6 Å². The van der Waals surface area contributed by atoms with E-state index in [0.717, 1.165) is 35.0 Å². The summed E-state index contributed by atoms with van der Waals surface area (Å²) >= 11 is 0. The van der Waals surface area contributed by atoms with E-state index in [1.54, 1.807) is 0 Å². The number of alkyl halides is 3. The van der Waals surface area contributed by atoms with Gasteiger partial charge in [-0.15, -0.1) is 5.10 Å². The number of para-hydroxylation sites is 1. The highest BCUT2D eigenvalue weighted by atomic mass is 19.4. The zero-order chi connectivity index (χ0) is 21.9. The van der Waals surface area contributed by atoms with Crippen LogP contribution >= 0.6 is 0 Å². The lowest BCUT2D eigenvalue weighted by Crippen LogP contribution is -2.32. The van der Waals surface area contributed by atoms with Crippen molar-refractivity contribution in [2.75, 3.05) is 5.32 Å². The lowest BCUT2D eigenvalue weighted by molar-refractivity contribution is -0.137. The fraction of sp³-hybridized carbons (Fsp3) is 0.150. The van der Waals surface area contributed by atoms with Crippen molar-refractivity contribution in [2.45, 2.75) is 19.2 Å². The molecule has 3 aromatic rings. The number of carbonyl (C=O) groups excluding carboxylic acids is 1. The second kappa shape index (κ2) is 8.36. The van der Waals surface area contributed by atoms with Gasteiger partial charge in [0.25, 0.3) is 11.5 Å². The van der Waals surface area contributed by atoms with Crippen LogP contribution in [0.25, 0.3) is 5.69 Å². The summed E-state index contributed by atoms with van der Waals surface area (Å²) in [4.78, 5) is 24.3. The molecule has 156 valence electrons. The summed E-state index contributed by atoms with van der Waals surface area (Å²) in [5.41, 5.74) is -1.66. The van der Waals surface area contributed by atoms with E-state index < -0.39 is 40.8 Å². The van der Waals surface area contributed by atoms with Crippen LogP contribution in [0.4, 0.5) is 23.2 Å². The number of carbonyl (C=O) groups is 1. The molecule has 0 aliphatic rings. The molecule has 10 heteroatoms. The normalized spacial score (nSPS) is 12.3. The predicted octanol–water partition coefficient (Wildman–Crippen LogP) is 3.80. The van der Waals surface area contributed by atoms with Gasteiger partial charge >= 0.3 is 6.18 Å². The Kier molecular flexibility index (Phi) is 5.86. The molecule has 0 aliphatic heterocycles. The molecule has 1 heterocycles. The molecule has 2 aromatic carbocycles. The van der Waals surface area contributed by atoms with E-state index in [2.05, 4.69) is 10.4 Å². The van der Waals surface area contributed by atoms with Crippen LogP contribution in [0.15, 0.2) is 65.5 Å². The van der Waals surface area contributed by atoms with E-state index in [1.165, 1.54) is 37.3 Å². The third kappa shape index (κ3) is 4.83. The summed E-state index contributed by atoms with van der Waals surface area (Å²) in [7, 11) is 0. The molecule has 0 radical (unpaired) electrons. The SMILES string of the molecule is CC(Oc1ccc(=O)n(-c2ccc(F)cc2)n1)C(=O)Nc1ccccc1C(F)(F)F. The quantitative estimate of drug-likeness (QED) is 0.637. The van der Waals surface area contributed by atoms with Crippen molar-refractivity contribution in [2.24, 2.45) is 0 Å². The van der Waals surface area contributed by atoms with E-state index in [4.69, 9.17) is 4.74 Å². The summed E-state index contributed by atoms with van der Waals surface area (Å²) in [6.45, 7) is 1.32. The minimum atomic E-state index is -4.64. The Morgan fingerprint density at radius 1 is 1.07 bits per heavy atom. The molecule has 30 heavy (non-hydrogen) atoms. The zero-order valence-corrected chi connectivity index (χ0v) is 15.5. The predicted molar refractivity (Wildman–Crippen MR) is 100.0 cm³/mol. The molecular weight excluding hydrogens is 406 g/mol. The third-order valence-electron chi connectivity index (χ3n) is 4.00. The van der Waals surface area contributed by atoms with Crippen LogP contribution in [0.2, 0.25) is 0 Å². The topological polar surface area (TPSA) is 73.2 Å². The summed E-state index contributed by atoms with van der Waals surface area (Å²) in [6.07, 6.45) is -5.86. The van der Waals surface area contributed by atoms with Crippen LogP contribution in [0.1, 0.15) is 12.5 Å². The standard InChI is InChI=1S/C20H15F4N3O3/c1-12(19(29)25-16-5-3-2-4-15(16)20(22,23)24)30-17-10-11-18(28)27(26-17)14-8-6-13(21)7-9-14/h2-12H,1H3,(H,25,29). The molecular formula is C20H15F4N3O3. The number of anilines is 1. The van der Waals surface area contributed by atoms with Crippen LogP contribution < -0.4 is 15.6 Å². The number of amides is 1. The van der Waals surface area contributed by atoms with Gasteiger partial charge in [-0.25, -0.2) is 4.39 Å². The molecule has 1 atom stereocenters. The maximum absolute atomic E-state index is 13.1. The molecule has 0 saturated carbocycles. The number of halogens is 4. The molecule has 0 saturated heterocycles. The number of benzene rings is 2. The van der Waals surface area contributed by atoms with Gasteiger partial charge < -0.3 is 10.1 Å². The lowest BCUT2D eigenvalue weighted by Gasteiger charge is -2.17. The van der Waals surface area contributed by atoms with Crippen molar-refractivity contribution < 1.29 is 27.1 Å². The molecule has 0 spiro atoms. The minimum absolute atomic E-state index is 0.120. The van der Waals surface area contributed by atoms with Gasteiger partial charge in [-0.1, -0.05) is 12.1 Å². The first-order chi connectivity index (χ1) is 14.1. The van der Waals surface area contributed by atoms with E-state index in [9.17, 15) is 27.2 Å². The maximum Gasteiger partial charge on any atom is 0.418 e. The summed E-state index contributed by atoms with van der Waals surface area (Å²) < 4.78 is 58.6. The van der Waals surface area contributed by atoms with Gasteiger partial charge in [0.15, 0.2) is 6.10 Å². The number of hydrogen-bond acceptors (Lipinski definition) is 4. The monoisotopic (exact) mass is 421 g/mol. The van der Waals surface area contributed by atoms with Gasteiger partial charge in [0.05, 0.1) is 16.9 Å². The fourth-order valence-electron chi connectivity index (χ4n) is 2.53. The van der Waals surface area contributed by atoms with E-state index in [1.807, 2.05) is 0 Å². The molecule has 0 fully saturated rings. The molecule has 0 aliphatic carbocycles.